The number of ketones is 1. The highest BCUT2D eigenvalue weighted by atomic mass is 16.7. The van der Waals surface area contributed by atoms with E-state index >= 15 is 0 Å². The molecule has 18 nitrogen and oxygen atoms in total. The van der Waals surface area contributed by atoms with Gasteiger partial charge in [0.1, 0.15) is 43.4 Å². The fourth-order valence-electron chi connectivity index (χ4n) is 7.28. The molecule has 0 bridgehead atoms. The van der Waals surface area contributed by atoms with E-state index < -0.39 is 117 Å². The summed E-state index contributed by atoms with van der Waals surface area (Å²) in [4.78, 5) is 93.8. The normalized spacial score (nSPS) is 23.6. The molecule has 66 heavy (non-hydrogen) atoms. The summed E-state index contributed by atoms with van der Waals surface area (Å²) in [6.07, 6.45) is -15.8. The zero-order chi connectivity index (χ0) is 47.2. The molecule has 4 aromatic rings. The second-order valence-corrected chi connectivity index (χ2v) is 15.3. The number of hydrogen-bond acceptors (Lipinski definition) is 17. The molecule has 0 spiro atoms. The van der Waals surface area contributed by atoms with Crippen molar-refractivity contribution in [2.45, 2.75) is 88.4 Å². The van der Waals surface area contributed by atoms with Crippen LogP contribution in [-0.4, -0.2) is 132 Å². The van der Waals surface area contributed by atoms with E-state index in [0.29, 0.717) is 5.56 Å². The van der Waals surface area contributed by atoms with Crippen molar-refractivity contribution in [2.24, 2.45) is 0 Å². The Labute approximate surface area is 379 Å². The van der Waals surface area contributed by atoms with Crippen molar-refractivity contribution < 1.29 is 81.7 Å². The third kappa shape index (κ3) is 12.8. The fourth-order valence-corrected chi connectivity index (χ4v) is 7.28. The maximum absolute atomic E-state index is 13.9. The van der Waals surface area contributed by atoms with Gasteiger partial charge in [0.15, 0.2) is 24.6 Å². The number of benzene rings is 4. The van der Waals surface area contributed by atoms with E-state index in [2.05, 4.69) is 0 Å². The Kier molecular flexibility index (Phi) is 17.1. The first-order chi connectivity index (χ1) is 31.8. The summed E-state index contributed by atoms with van der Waals surface area (Å²) in [6, 6.07) is 30.4. The number of ether oxygens (including phenoxy) is 8. The number of aliphatic hydroxyl groups is 2. The number of piperidine rings is 1. The number of hydrogen-bond donors (Lipinski definition) is 2. The SMILES string of the molecule is CC(=O)CCC(=O)O[C@H]1[C@@H](OC(=O)c2ccccc2)[C@@H](COC(=O)c2ccccc2)O[C@@H](O[C@H]2[C@H](O)[C@@H](CO)N(C(=O)OCc3ccccc3)C[C@@H]2OC(C)=O)[C@@H]1OC(=O)c1ccccc1. The predicted molar refractivity (Wildman–Crippen MR) is 227 cm³/mol. The third-order valence-corrected chi connectivity index (χ3v) is 10.5. The molecule has 2 saturated heterocycles. The molecular weight excluding hydrogens is 863 g/mol. The average molecular weight is 912 g/mol. The van der Waals surface area contributed by atoms with Crippen molar-refractivity contribution in [3.05, 3.63) is 144 Å². The van der Waals surface area contributed by atoms with Crippen molar-refractivity contribution in [3.8, 4) is 0 Å². The number of amides is 1. The molecule has 348 valence electrons. The van der Waals surface area contributed by atoms with Crippen LogP contribution in [0.2, 0.25) is 0 Å². The Balaban J connectivity index is 1.41. The summed E-state index contributed by atoms with van der Waals surface area (Å²) in [6.45, 7) is 0.100. The first-order valence-electron chi connectivity index (χ1n) is 21.0. The zero-order valence-corrected chi connectivity index (χ0v) is 36.0. The van der Waals surface area contributed by atoms with E-state index in [1.807, 2.05) is 0 Å². The minimum atomic E-state index is -1.95. The maximum Gasteiger partial charge on any atom is 0.410 e. The van der Waals surface area contributed by atoms with Gasteiger partial charge in [0.2, 0.25) is 0 Å². The molecule has 18 heteroatoms. The lowest BCUT2D eigenvalue weighted by Gasteiger charge is -2.49. The first kappa shape index (κ1) is 48.5. The molecule has 1 amide bonds. The van der Waals surface area contributed by atoms with Crippen LogP contribution in [0.5, 0.6) is 0 Å². The van der Waals surface area contributed by atoms with Gasteiger partial charge >= 0.3 is 35.9 Å². The van der Waals surface area contributed by atoms with Gasteiger partial charge in [-0.15, -0.1) is 0 Å². The Hall–Kier alpha value is -6.99. The van der Waals surface area contributed by atoms with Crippen LogP contribution in [0.4, 0.5) is 4.79 Å². The maximum atomic E-state index is 13.9. The lowest BCUT2D eigenvalue weighted by Crippen LogP contribution is -2.68. The number of likely N-dealkylation sites (tertiary alicyclic amines) is 1. The van der Waals surface area contributed by atoms with Crippen LogP contribution in [0.25, 0.3) is 0 Å². The van der Waals surface area contributed by atoms with E-state index in [4.69, 9.17) is 37.9 Å². The smallest absolute Gasteiger partial charge is 0.410 e. The van der Waals surface area contributed by atoms with E-state index in [0.717, 1.165) is 11.8 Å². The number of nitrogens with zero attached hydrogens (tertiary/aromatic N) is 1. The van der Waals surface area contributed by atoms with Gasteiger partial charge in [-0.1, -0.05) is 84.9 Å². The number of Topliss-reactive ketones (excluding diaryl/α,β-unsaturated/α-hetero) is 1. The minimum Gasteiger partial charge on any atom is -0.459 e. The van der Waals surface area contributed by atoms with Crippen LogP contribution in [0.1, 0.15) is 63.3 Å². The zero-order valence-electron chi connectivity index (χ0n) is 36.0. The van der Waals surface area contributed by atoms with Gasteiger partial charge in [0.05, 0.1) is 42.3 Å². The molecule has 0 unspecified atom stereocenters. The summed E-state index contributed by atoms with van der Waals surface area (Å²) < 4.78 is 47.5. The highest BCUT2D eigenvalue weighted by Gasteiger charge is 2.56. The lowest BCUT2D eigenvalue weighted by molar-refractivity contribution is -0.329. The van der Waals surface area contributed by atoms with Crippen molar-refractivity contribution >= 4 is 41.7 Å². The standard InChI is InChI=1S/C48H49NO17/c1-29(51)23-24-38(53)63-42-41(64-45(56)33-19-11-5-12-20-33)37(28-59-44(55)32-17-9-4-10-18-32)62-47(43(42)65-46(57)34-21-13-6-14-22-34)66-40-36(61-30(2)52)25-49(35(26-50)39(40)54)48(58)60-27-31-15-7-3-8-16-31/h3-22,35-37,39-43,47,50,54H,23-28H2,1-2H3/t35-,36+,37-,39-,40-,41+,42+,43-,47+/m1/s1. The van der Waals surface area contributed by atoms with Gasteiger partial charge in [0.25, 0.3) is 0 Å². The van der Waals surface area contributed by atoms with Crippen LogP contribution in [0.3, 0.4) is 0 Å². The largest absolute Gasteiger partial charge is 0.459 e. The van der Waals surface area contributed by atoms with Crippen molar-refractivity contribution in [2.75, 3.05) is 19.8 Å². The number of esters is 5. The van der Waals surface area contributed by atoms with Crippen LogP contribution in [-0.2, 0) is 58.9 Å². The quantitative estimate of drug-likeness (QED) is 0.113. The molecule has 2 N–H and O–H groups in total. The second-order valence-electron chi connectivity index (χ2n) is 15.3. The van der Waals surface area contributed by atoms with Gasteiger partial charge in [0, 0.05) is 13.3 Å². The molecule has 0 radical (unpaired) electrons. The topological polar surface area (TPSA) is 237 Å². The molecule has 0 aromatic heterocycles. The molecule has 2 aliphatic rings. The Morgan fingerprint density at radius 3 is 1.68 bits per heavy atom. The highest BCUT2D eigenvalue weighted by Crippen LogP contribution is 2.35. The van der Waals surface area contributed by atoms with E-state index in [-0.39, 0.29) is 35.5 Å². The first-order valence-corrected chi connectivity index (χ1v) is 21.0. The molecule has 2 fully saturated rings. The molecule has 2 heterocycles. The number of aliphatic hydroxyl groups excluding tert-OH is 2. The number of rotatable bonds is 17. The van der Waals surface area contributed by atoms with Crippen molar-refractivity contribution in [1.29, 1.82) is 0 Å². The highest BCUT2D eigenvalue weighted by molar-refractivity contribution is 5.91. The van der Waals surface area contributed by atoms with Crippen LogP contribution < -0.4 is 0 Å². The summed E-state index contributed by atoms with van der Waals surface area (Å²) >= 11 is 0. The average Bonchev–Trinajstić information content (AvgIpc) is 3.32. The third-order valence-electron chi connectivity index (χ3n) is 10.5. The molecule has 2 aliphatic heterocycles. The Morgan fingerprint density at radius 1 is 0.621 bits per heavy atom. The van der Waals surface area contributed by atoms with Gasteiger partial charge in [-0.2, -0.15) is 0 Å². The van der Waals surface area contributed by atoms with Crippen LogP contribution >= 0.6 is 0 Å². The number of carbonyl (C=O) groups excluding carboxylic acids is 7. The Morgan fingerprint density at radius 2 is 1.15 bits per heavy atom. The summed E-state index contributed by atoms with van der Waals surface area (Å²) in [7, 11) is 0. The van der Waals surface area contributed by atoms with Crippen molar-refractivity contribution in [1.82, 2.24) is 4.90 Å². The van der Waals surface area contributed by atoms with E-state index in [9.17, 15) is 43.8 Å². The molecule has 9 atom stereocenters. The predicted octanol–water partition coefficient (Wildman–Crippen LogP) is 3.99. The van der Waals surface area contributed by atoms with E-state index in [1.165, 1.54) is 43.3 Å². The number of carbonyl (C=O) groups is 7. The molecule has 0 saturated carbocycles. The summed E-state index contributed by atoms with van der Waals surface area (Å²) in [5, 5.41) is 22.6. The Bertz CT molecular complexity index is 2280. The van der Waals surface area contributed by atoms with Gasteiger partial charge in [-0.05, 0) is 48.9 Å². The summed E-state index contributed by atoms with van der Waals surface area (Å²) in [5.74, 6) is -5.02. The fraction of sp³-hybridized carbons (Fsp3) is 0.354. The minimum absolute atomic E-state index is 0.00939. The monoisotopic (exact) mass is 911 g/mol. The van der Waals surface area contributed by atoms with Crippen LogP contribution in [0.15, 0.2) is 121 Å². The molecule has 6 rings (SSSR count). The molecule has 0 aliphatic carbocycles. The molecule has 4 aromatic carbocycles. The van der Waals surface area contributed by atoms with Gasteiger partial charge < -0.3 is 52.9 Å². The molecular formula is C48H49NO17. The van der Waals surface area contributed by atoms with Gasteiger partial charge in [-0.3, -0.25) is 14.5 Å². The lowest BCUT2D eigenvalue weighted by atomic mass is 9.93. The second kappa shape index (κ2) is 23.3. The van der Waals surface area contributed by atoms with Crippen molar-refractivity contribution in [3.63, 3.8) is 0 Å². The van der Waals surface area contributed by atoms with Crippen LogP contribution in [0, 0.1) is 0 Å². The summed E-state index contributed by atoms with van der Waals surface area (Å²) in [5.41, 5.74) is 0.833. The van der Waals surface area contributed by atoms with Gasteiger partial charge in [-0.25, -0.2) is 19.2 Å². The van der Waals surface area contributed by atoms with E-state index in [1.54, 1.807) is 84.9 Å².